The van der Waals surface area contributed by atoms with Crippen LogP contribution >= 0.6 is 11.6 Å². The van der Waals surface area contributed by atoms with Gasteiger partial charge in [0.25, 0.3) is 0 Å². The van der Waals surface area contributed by atoms with Crippen LogP contribution in [0.2, 0.25) is 5.02 Å². The van der Waals surface area contributed by atoms with Crippen molar-refractivity contribution < 1.29 is 4.42 Å². The molecule has 0 saturated heterocycles. The van der Waals surface area contributed by atoms with E-state index in [0.29, 0.717) is 11.8 Å². The lowest BCUT2D eigenvalue weighted by Gasteiger charge is -2.00. The first-order valence-corrected chi connectivity index (χ1v) is 6.88. The third kappa shape index (κ3) is 3.78. The van der Waals surface area contributed by atoms with Crippen LogP contribution in [-0.4, -0.2) is 23.3 Å². The fourth-order valence-corrected chi connectivity index (χ4v) is 1.86. The van der Waals surface area contributed by atoms with Gasteiger partial charge in [0.15, 0.2) is 0 Å². The zero-order valence-corrected chi connectivity index (χ0v) is 12.0. The van der Waals surface area contributed by atoms with Gasteiger partial charge < -0.3 is 9.73 Å². The van der Waals surface area contributed by atoms with Crippen molar-refractivity contribution in [2.24, 2.45) is 0 Å². The van der Waals surface area contributed by atoms with E-state index in [1.807, 2.05) is 25.1 Å². The molecule has 0 bridgehead atoms. The number of hydrogen-bond acceptors (Lipinski definition) is 4. The van der Waals surface area contributed by atoms with Gasteiger partial charge in [0.05, 0.1) is 0 Å². The van der Waals surface area contributed by atoms with Crippen LogP contribution in [0.15, 0.2) is 22.6 Å². The predicted octanol–water partition coefficient (Wildman–Crippen LogP) is 3.24. The van der Waals surface area contributed by atoms with E-state index in [0.717, 1.165) is 42.1 Å². The van der Waals surface area contributed by atoms with Crippen LogP contribution < -0.4 is 5.32 Å². The Bertz CT molecular complexity index is 539. The van der Waals surface area contributed by atoms with E-state index in [1.54, 1.807) is 0 Å². The van der Waals surface area contributed by atoms with Crippen molar-refractivity contribution in [1.29, 1.82) is 0 Å². The molecule has 0 saturated carbocycles. The number of benzene rings is 1. The molecular weight excluding hydrogens is 262 g/mol. The lowest BCUT2D eigenvalue weighted by atomic mass is 10.1. The Balaban J connectivity index is 2.01. The molecule has 1 N–H and O–H groups in total. The zero-order chi connectivity index (χ0) is 13.7. The maximum atomic E-state index is 6.00. The van der Waals surface area contributed by atoms with Crippen molar-refractivity contribution in [3.63, 3.8) is 0 Å². The van der Waals surface area contributed by atoms with E-state index < -0.39 is 0 Å². The Kier molecular flexibility index (Phi) is 4.93. The highest BCUT2D eigenvalue weighted by Crippen LogP contribution is 2.23. The molecule has 2 rings (SSSR count). The van der Waals surface area contributed by atoms with Crippen LogP contribution in [0.3, 0.4) is 0 Å². The minimum atomic E-state index is 0.547. The fourth-order valence-electron chi connectivity index (χ4n) is 1.75. The summed E-state index contributed by atoms with van der Waals surface area (Å²) in [5.74, 6) is 1.21. The highest BCUT2D eigenvalue weighted by Gasteiger charge is 2.09. The van der Waals surface area contributed by atoms with Crippen molar-refractivity contribution in [1.82, 2.24) is 15.5 Å². The van der Waals surface area contributed by atoms with Gasteiger partial charge in [-0.1, -0.05) is 18.5 Å². The van der Waals surface area contributed by atoms with Crippen LogP contribution in [0, 0.1) is 6.92 Å². The number of aromatic nitrogens is 2. The number of halogens is 1. The molecule has 5 heteroatoms. The molecule has 0 aliphatic carbocycles. The maximum absolute atomic E-state index is 6.00. The van der Waals surface area contributed by atoms with Gasteiger partial charge >= 0.3 is 0 Å². The highest BCUT2D eigenvalue weighted by atomic mass is 35.5. The SMILES string of the molecule is CCCNCCc1nnc(-c2ccc(Cl)c(C)c2)o1. The smallest absolute Gasteiger partial charge is 0.247 e. The van der Waals surface area contributed by atoms with Crippen LogP contribution in [0.4, 0.5) is 0 Å². The van der Waals surface area contributed by atoms with Crippen molar-refractivity contribution in [3.8, 4) is 11.5 Å². The summed E-state index contributed by atoms with van der Waals surface area (Å²) < 4.78 is 5.64. The minimum Gasteiger partial charge on any atom is -0.421 e. The molecule has 0 aliphatic heterocycles. The average molecular weight is 280 g/mol. The third-order valence-electron chi connectivity index (χ3n) is 2.81. The first kappa shape index (κ1) is 14.0. The van der Waals surface area contributed by atoms with E-state index in [4.69, 9.17) is 16.0 Å². The van der Waals surface area contributed by atoms with E-state index in [-0.39, 0.29) is 0 Å². The topological polar surface area (TPSA) is 51.0 Å². The first-order chi connectivity index (χ1) is 9.20. The van der Waals surface area contributed by atoms with Crippen LogP contribution in [0.5, 0.6) is 0 Å². The number of nitrogens with one attached hydrogen (secondary N) is 1. The predicted molar refractivity (Wildman–Crippen MR) is 76.3 cm³/mol. The van der Waals surface area contributed by atoms with Gasteiger partial charge in [0.1, 0.15) is 0 Å². The molecule has 19 heavy (non-hydrogen) atoms. The quantitative estimate of drug-likeness (QED) is 0.825. The fraction of sp³-hybridized carbons (Fsp3) is 0.429. The maximum Gasteiger partial charge on any atom is 0.247 e. The number of hydrogen-bond donors (Lipinski definition) is 1. The Hall–Kier alpha value is -1.39. The molecule has 0 aliphatic rings. The molecule has 0 radical (unpaired) electrons. The third-order valence-corrected chi connectivity index (χ3v) is 3.24. The van der Waals surface area contributed by atoms with Crippen molar-refractivity contribution in [3.05, 3.63) is 34.7 Å². The molecule has 0 atom stereocenters. The van der Waals surface area contributed by atoms with Crippen molar-refractivity contribution in [2.75, 3.05) is 13.1 Å². The summed E-state index contributed by atoms with van der Waals surface area (Å²) in [6.45, 7) is 5.96. The molecule has 0 fully saturated rings. The van der Waals surface area contributed by atoms with Gasteiger partial charge in [-0.3, -0.25) is 0 Å². The molecule has 0 unspecified atom stereocenters. The molecule has 0 spiro atoms. The largest absolute Gasteiger partial charge is 0.421 e. The molecular formula is C14H18ClN3O. The average Bonchev–Trinajstić information content (AvgIpc) is 2.87. The summed E-state index contributed by atoms with van der Waals surface area (Å²) in [5.41, 5.74) is 1.91. The normalized spacial score (nSPS) is 10.9. The Morgan fingerprint density at radius 2 is 2.11 bits per heavy atom. The minimum absolute atomic E-state index is 0.547. The Labute approximate surface area is 118 Å². The number of rotatable bonds is 6. The second kappa shape index (κ2) is 6.68. The lowest BCUT2D eigenvalue weighted by Crippen LogP contribution is -2.17. The van der Waals surface area contributed by atoms with Gasteiger partial charge in [0, 0.05) is 23.6 Å². The van der Waals surface area contributed by atoms with E-state index in [2.05, 4.69) is 22.4 Å². The van der Waals surface area contributed by atoms with E-state index >= 15 is 0 Å². The Morgan fingerprint density at radius 3 is 2.84 bits per heavy atom. The Morgan fingerprint density at radius 1 is 1.26 bits per heavy atom. The summed E-state index contributed by atoms with van der Waals surface area (Å²) in [6, 6.07) is 5.69. The summed E-state index contributed by atoms with van der Waals surface area (Å²) in [6.07, 6.45) is 1.87. The van der Waals surface area contributed by atoms with Gasteiger partial charge in [-0.2, -0.15) is 0 Å². The van der Waals surface area contributed by atoms with Crippen LogP contribution in [-0.2, 0) is 6.42 Å². The van der Waals surface area contributed by atoms with Gasteiger partial charge in [-0.15, -0.1) is 10.2 Å². The summed E-state index contributed by atoms with van der Waals surface area (Å²) in [7, 11) is 0. The molecule has 1 aromatic heterocycles. The standard InChI is InChI=1S/C14H18ClN3O/c1-3-7-16-8-6-13-17-18-14(19-13)11-4-5-12(15)10(2)9-11/h4-5,9,16H,3,6-8H2,1-2H3. The molecule has 1 aromatic carbocycles. The number of nitrogens with zero attached hydrogens (tertiary/aromatic N) is 2. The molecule has 102 valence electrons. The first-order valence-electron chi connectivity index (χ1n) is 6.50. The van der Waals surface area contributed by atoms with E-state index in [1.165, 1.54) is 0 Å². The summed E-state index contributed by atoms with van der Waals surface area (Å²) >= 11 is 6.00. The zero-order valence-electron chi connectivity index (χ0n) is 11.2. The molecule has 0 amide bonds. The second-order valence-corrected chi connectivity index (χ2v) is 4.87. The van der Waals surface area contributed by atoms with E-state index in [9.17, 15) is 0 Å². The summed E-state index contributed by atoms with van der Waals surface area (Å²) in [4.78, 5) is 0. The second-order valence-electron chi connectivity index (χ2n) is 4.46. The number of aryl methyl sites for hydroxylation is 1. The van der Waals surface area contributed by atoms with Crippen molar-refractivity contribution >= 4 is 11.6 Å². The van der Waals surface area contributed by atoms with Crippen molar-refractivity contribution in [2.45, 2.75) is 26.7 Å². The van der Waals surface area contributed by atoms with Crippen LogP contribution in [0.1, 0.15) is 24.8 Å². The molecule has 4 nitrogen and oxygen atoms in total. The van der Waals surface area contributed by atoms with Crippen LogP contribution in [0.25, 0.3) is 11.5 Å². The lowest BCUT2D eigenvalue weighted by molar-refractivity contribution is 0.494. The van der Waals surface area contributed by atoms with Gasteiger partial charge in [-0.05, 0) is 43.7 Å². The highest BCUT2D eigenvalue weighted by molar-refractivity contribution is 6.31. The van der Waals surface area contributed by atoms with Gasteiger partial charge in [-0.25, -0.2) is 0 Å². The van der Waals surface area contributed by atoms with Gasteiger partial charge in [0.2, 0.25) is 11.8 Å². The molecule has 2 aromatic rings. The summed E-state index contributed by atoms with van der Waals surface area (Å²) in [5, 5.41) is 12.2. The molecule has 1 heterocycles. The monoisotopic (exact) mass is 279 g/mol.